The van der Waals surface area contributed by atoms with Gasteiger partial charge in [0, 0.05) is 38.9 Å². The van der Waals surface area contributed by atoms with Gasteiger partial charge in [0.25, 0.3) is 0 Å². The predicted octanol–water partition coefficient (Wildman–Crippen LogP) is 2.89. The molecule has 108 valence electrons. The van der Waals surface area contributed by atoms with Crippen LogP contribution in [-0.4, -0.2) is 49.2 Å². The number of likely N-dealkylation sites (N-methyl/N-ethyl adjacent to an activating group) is 1. The molecular weight excluding hydrogens is 246 g/mol. The van der Waals surface area contributed by atoms with Crippen LogP contribution in [0.5, 0.6) is 0 Å². The van der Waals surface area contributed by atoms with Crippen molar-refractivity contribution >= 4 is 12.3 Å². The van der Waals surface area contributed by atoms with Gasteiger partial charge < -0.3 is 4.90 Å². The Morgan fingerprint density at radius 3 is 2.30 bits per heavy atom. The van der Waals surface area contributed by atoms with E-state index >= 15 is 0 Å². The van der Waals surface area contributed by atoms with E-state index in [0.717, 1.165) is 12.1 Å². The van der Waals surface area contributed by atoms with Crippen LogP contribution >= 0.6 is 0 Å². The second-order valence-corrected chi connectivity index (χ2v) is 5.40. The van der Waals surface area contributed by atoms with Crippen molar-refractivity contribution in [3.63, 3.8) is 0 Å². The molecule has 1 aliphatic heterocycles. The first-order valence-electron chi connectivity index (χ1n) is 7.39. The molecule has 1 aromatic rings. The minimum Gasteiger partial charge on any atom is -0.301 e. The molecule has 1 heterocycles. The predicted molar refractivity (Wildman–Crippen MR) is 87.0 cm³/mol. The van der Waals surface area contributed by atoms with Crippen molar-refractivity contribution < 1.29 is 0 Å². The number of hydrogen-bond donors (Lipinski definition) is 0. The van der Waals surface area contributed by atoms with Gasteiger partial charge in [0.05, 0.1) is 0 Å². The zero-order chi connectivity index (χ0) is 14.4. The quantitative estimate of drug-likeness (QED) is 0.767. The Balaban J connectivity index is 1.91. The third-order valence-corrected chi connectivity index (χ3v) is 4.01. The largest absolute Gasteiger partial charge is 0.301 e. The van der Waals surface area contributed by atoms with Crippen LogP contribution in [-0.2, 0) is 6.54 Å². The summed E-state index contributed by atoms with van der Waals surface area (Å²) in [6.07, 6.45) is 1.80. The lowest BCUT2D eigenvalue weighted by Crippen LogP contribution is -2.45. The molecule has 2 rings (SSSR count). The van der Waals surface area contributed by atoms with Gasteiger partial charge >= 0.3 is 0 Å². The Hall–Kier alpha value is -1.45. The first-order chi connectivity index (χ1) is 9.72. The third kappa shape index (κ3) is 4.02. The summed E-state index contributed by atoms with van der Waals surface area (Å²) in [5.74, 6) is 0. The number of benzene rings is 1. The molecule has 0 saturated carbocycles. The fraction of sp³-hybridized carbons (Fsp3) is 0.471. The first kappa shape index (κ1) is 14.9. The maximum Gasteiger partial charge on any atom is 0.0295 e. The summed E-state index contributed by atoms with van der Waals surface area (Å²) in [4.78, 5) is 8.87. The topological polar surface area (TPSA) is 18.8 Å². The number of rotatable bonds is 5. The fourth-order valence-electron chi connectivity index (χ4n) is 2.61. The molecule has 0 spiro atoms. The van der Waals surface area contributed by atoms with Crippen molar-refractivity contribution in [3.8, 4) is 0 Å². The zero-order valence-electron chi connectivity index (χ0n) is 12.7. The van der Waals surface area contributed by atoms with E-state index in [2.05, 4.69) is 59.6 Å². The smallest absolute Gasteiger partial charge is 0.0295 e. The SMILES string of the molecule is C=N/C=C(\C)c1ccc(CN2CCN(CC)CC2)cc1. The van der Waals surface area contributed by atoms with E-state index in [1.807, 2.05) is 0 Å². The highest BCUT2D eigenvalue weighted by atomic mass is 15.3. The molecule has 1 aliphatic rings. The highest BCUT2D eigenvalue weighted by Gasteiger charge is 2.15. The van der Waals surface area contributed by atoms with Crippen LogP contribution in [0.25, 0.3) is 5.57 Å². The number of allylic oxidation sites excluding steroid dienone is 1. The summed E-state index contributed by atoms with van der Waals surface area (Å²) >= 11 is 0. The number of hydrogen-bond acceptors (Lipinski definition) is 3. The van der Waals surface area contributed by atoms with E-state index in [0.29, 0.717) is 0 Å². The van der Waals surface area contributed by atoms with Gasteiger partial charge in [0.2, 0.25) is 0 Å². The minimum absolute atomic E-state index is 1.06. The molecule has 0 aromatic heterocycles. The van der Waals surface area contributed by atoms with Gasteiger partial charge in [-0.1, -0.05) is 31.2 Å². The Labute approximate surface area is 122 Å². The molecule has 0 N–H and O–H groups in total. The average Bonchev–Trinajstić information content (AvgIpc) is 2.49. The lowest BCUT2D eigenvalue weighted by Gasteiger charge is -2.34. The van der Waals surface area contributed by atoms with Gasteiger partial charge in [-0.05, 0) is 36.9 Å². The highest BCUT2D eigenvalue weighted by molar-refractivity contribution is 5.64. The van der Waals surface area contributed by atoms with Crippen LogP contribution in [0.2, 0.25) is 0 Å². The maximum atomic E-state index is 3.82. The maximum absolute atomic E-state index is 3.82. The molecule has 0 amide bonds. The molecule has 1 saturated heterocycles. The van der Waals surface area contributed by atoms with E-state index in [-0.39, 0.29) is 0 Å². The van der Waals surface area contributed by atoms with Gasteiger partial charge in [0.15, 0.2) is 0 Å². The Morgan fingerprint density at radius 1 is 1.15 bits per heavy atom. The van der Waals surface area contributed by atoms with Crippen LogP contribution in [0.1, 0.15) is 25.0 Å². The second-order valence-electron chi connectivity index (χ2n) is 5.40. The van der Waals surface area contributed by atoms with Crippen molar-refractivity contribution in [2.45, 2.75) is 20.4 Å². The van der Waals surface area contributed by atoms with Crippen molar-refractivity contribution in [1.82, 2.24) is 9.80 Å². The molecular formula is C17H25N3. The summed E-state index contributed by atoms with van der Waals surface area (Å²) in [6, 6.07) is 8.80. The van der Waals surface area contributed by atoms with Crippen LogP contribution in [0.4, 0.5) is 0 Å². The average molecular weight is 271 g/mol. The standard InChI is InChI=1S/C17H25N3/c1-4-19-9-11-20(12-10-19)14-16-5-7-17(8-6-16)15(2)13-18-3/h5-8,13H,3-4,9-12,14H2,1-2H3/b15-13+. The molecule has 0 atom stereocenters. The second kappa shape index (κ2) is 7.36. The third-order valence-electron chi connectivity index (χ3n) is 4.01. The summed E-state index contributed by atoms with van der Waals surface area (Å²) in [6.45, 7) is 14.8. The van der Waals surface area contributed by atoms with Gasteiger partial charge in [-0.2, -0.15) is 0 Å². The number of aliphatic imine (C=N–C) groups is 1. The lowest BCUT2D eigenvalue weighted by atomic mass is 10.1. The molecule has 1 fully saturated rings. The zero-order valence-corrected chi connectivity index (χ0v) is 12.7. The van der Waals surface area contributed by atoms with Crippen LogP contribution in [0.15, 0.2) is 35.5 Å². The van der Waals surface area contributed by atoms with Gasteiger partial charge in [-0.25, -0.2) is 0 Å². The van der Waals surface area contributed by atoms with Crippen LogP contribution in [0.3, 0.4) is 0 Å². The van der Waals surface area contributed by atoms with Crippen molar-refractivity contribution in [2.24, 2.45) is 4.99 Å². The molecule has 0 unspecified atom stereocenters. The fourth-order valence-corrected chi connectivity index (χ4v) is 2.61. The Morgan fingerprint density at radius 2 is 1.75 bits per heavy atom. The number of piperazine rings is 1. The van der Waals surface area contributed by atoms with Crippen molar-refractivity contribution in [1.29, 1.82) is 0 Å². The Bertz CT molecular complexity index is 454. The van der Waals surface area contributed by atoms with E-state index in [1.165, 1.54) is 43.9 Å². The van der Waals surface area contributed by atoms with Gasteiger partial charge in [0.1, 0.15) is 0 Å². The van der Waals surface area contributed by atoms with Gasteiger partial charge in [-0.15, -0.1) is 0 Å². The van der Waals surface area contributed by atoms with Crippen LogP contribution in [0, 0.1) is 0 Å². The summed E-state index contributed by atoms with van der Waals surface area (Å²) in [7, 11) is 0. The van der Waals surface area contributed by atoms with E-state index in [9.17, 15) is 0 Å². The van der Waals surface area contributed by atoms with Crippen LogP contribution < -0.4 is 0 Å². The van der Waals surface area contributed by atoms with E-state index < -0.39 is 0 Å². The van der Waals surface area contributed by atoms with Gasteiger partial charge in [-0.3, -0.25) is 9.89 Å². The molecule has 3 heteroatoms. The van der Waals surface area contributed by atoms with E-state index in [4.69, 9.17) is 0 Å². The monoisotopic (exact) mass is 271 g/mol. The molecule has 3 nitrogen and oxygen atoms in total. The first-order valence-corrected chi connectivity index (χ1v) is 7.39. The lowest BCUT2D eigenvalue weighted by molar-refractivity contribution is 0.132. The molecule has 0 bridgehead atoms. The molecule has 20 heavy (non-hydrogen) atoms. The van der Waals surface area contributed by atoms with Crippen molar-refractivity contribution in [2.75, 3.05) is 32.7 Å². The van der Waals surface area contributed by atoms with E-state index in [1.54, 1.807) is 6.20 Å². The van der Waals surface area contributed by atoms with Crippen molar-refractivity contribution in [3.05, 3.63) is 41.6 Å². The molecule has 1 aromatic carbocycles. The number of nitrogens with zero attached hydrogens (tertiary/aromatic N) is 3. The Kier molecular flexibility index (Phi) is 5.50. The molecule has 0 radical (unpaired) electrons. The normalized spacial score (nSPS) is 18.2. The summed E-state index contributed by atoms with van der Waals surface area (Å²) < 4.78 is 0. The summed E-state index contributed by atoms with van der Waals surface area (Å²) in [5.41, 5.74) is 3.76. The minimum atomic E-state index is 1.06. The summed E-state index contributed by atoms with van der Waals surface area (Å²) in [5, 5.41) is 0. The molecule has 0 aliphatic carbocycles. The highest BCUT2D eigenvalue weighted by Crippen LogP contribution is 2.16.